The molecule has 2 amide bonds. The maximum absolute atomic E-state index is 12.4. The van der Waals surface area contributed by atoms with Gasteiger partial charge in [0.2, 0.25) is 12.7 Å². The van der Waals surface area contributed by atoms with E-state index in [0.29, 0.717) is 23.1 Å². The molecule has 1 aliphatic carbocycles. The molecule has 0 saturated carbocycles. The molecule has 2 aliphatic rings. The molecule has 2 aromatic rings. The van der Waals surface area contributed by atoms with E-state index in [1.165, 1.54) is 0 Å². The zero-order valence-electron chi connectivity index (χ0n) is 14.8. The van der Waals surface area contributed by atoms with E-state index in [-0.39, 0.29) is 18.9 Å². The van der Waals surface area contributed by atoms with Gasteiger partial charge >= 0.3 is 6.03 Å². The molecule has 0 radical (unpaired) electrons. The van der Waals surface area contributed by atoms with Crippen LogP contribution in [0.25, 0.3) is 0 Å². The highest BCUT2D eigenvalue weighted by atomic mass is 16.7. The highest BCUT2D eigenvalue weighted by Crippen LogP contribution is 2.34. The van der Waals surface area contributed by atoms with Crippen LogP contribution in [0.3, 0.4) is 0 Å². The van der Waals surface area contributed by atoms with Gasteiger partial charge in [0.15, 0.2) is 11.5 Å². The fourth-order valence-electron chi connectivity index (χ4n) is 3.20. The second kappa shape index (κ2) is 6.70. The summed E-state index contributed by atoms with van der Waals surface area (Å²) in [5, 5.41) is 5.87. The molecule has 1 atom stereocenters. The van der Waals surface area contributed by atoms with Gasteiger partial charge in [-0.25, -0.2) is 14.8 Å². The smallest absolute Gasteiger partial charge is 0.319 e. The summed E-state index contributed by atoms with van der Waals surface area (Å²) in [5.41, 5.74) is 2.65. The van der Waals surface area contributed by atoms with E-state index in [1.807, 2.05) is 25.2 Å². The second-order valence-electron chi connectivity index (χ2n) is 6.58. The van der Waals surface area contributed by atoms with E-state index in [9.17, 15) is 4.79 Å². The molecule has 2 heterocycles. The summed E-state index contributed by atoms with van der Waals surface area (Å²) in [6.07, 6.45) is 4.57. The number of nitrogens with one attached hydrogen (secondary N) is 2. The van der Waals surface area contributed by atoms with Crippen molar-refractivity contribution in [3.63, 3.8) is 0 Å². The van der Waals surface area contributed by atoms with Crippen molar-refractivity contribution in [3.8, 4) is 11.5 Å². The fraction of sp³-hybridized carbons (Fsp3) is 0.389. The minimum atomic E-state index is -0.265. The van der Waals surface area contributed by atoms with Gasteiger partial charge in [0, 0.05) is 37.6 Å². The molecule has 26 heavy (non-hydrogen) atoms. The van der Waals surface area contributed by atoms with Crippen LogP contribution < -0.4 is 25.0 Å². The minimum absolute atomic E-state index is 0.0935. The number of ether oxygens (including phenoxy) is 2. The third-order valence-corrected chi connectivity index (χ3v) is 4.50. The van der Waals surface area contributed by atoms with Crippen LogP contribution in [0.4, 0.5) is 16.4 Å². The number of anilines is 2. The molecular formula is C18H21N5O3. The highest BCUT2D eigenvalue weighted by molar-refractivity contribution is 5.90. The number of amides is 2. The van der Waals surface area contributed by atoms with Gasteiger partial charge in [-0.15, -0.1) is 0 Å². The monoisotopic (exact) mass is 355 g/mol. The first-order chi connectivity index (χ1) is 12.6. The first-order valence-corrected chi connectivity index (χ1v) is 8.60. The lowest BCUT2D eigenvalue weighted by atomic mass is 9.92. The van der Waals surface area contributed by atoms with E-state index in [4.69, 9.17) is 9.47 Å². The van der Waals surface area contributed by atoms with E-state index >= 15 is 0 Å². The lowest BCUT2D eigenvalue weighted by molar-refractivity contribution is 0.174. The number of hydrogen-bond acceptors (Lipinski definition) is 6. The second-order valence-corrected chi connectivity index (χ2v) is 6.58. The van der Waals surface area contributed by atoms with Crippen molar-refractivity contribution >= 4 is 17.7 Å². The zero-order chi connectivity index (χ0) is 18.1. The zero-order valence-corrected chi connectivity index (χ0v) is 14.8. The van der Waals surface area contributed by atoms with Crippen molar-refractivity contribution in [2.24, 2.45) is 0 Å². The Labute approximate surface area is 151 Å². The van der Waals surface area contributed by atoms with Crippen LogP contribution in [0.1, 0.15) is 30.1 Å². The van der Waals surface area contributed by atoms with Crippen molar-refractivity contribution in [2.75, 3.05) is 31.1 Å². The van der Waals surface area contributed by atoms with E-state index < -0.39 is 0 Å². The van der Waals surface area contributed by atoms with Crippen LogP contribution in [0, 0.1) is 0 Å². The van der Waals surface area contributed by atoms with Crippen LogP contribution in [-0.4, -0.2) is 36.9 Å². The van der Waals surface area contributed by atoms with E-state index in [2.05, 4.69) is 20.6 Å². The largest absolute Gasteiger partial charge is 0.454 e. The Morgan fingerprint density at radius 1 is 1.27 bits per heavy atom. The molecule has 8 heteroatoms. The van der Waals surface area contributed by atoms with Gasteiger partial charge < -0.3 is 25.0 Å². The van der Waals surface area contributed by atoms with Gasteiger partial charge in [-0.05, 0) is 31.4 Å². The van der Waals surface area contributed by atoms with E-state index in [1.54, 1.807) is 18.2 Å². The predicted molar refractivity (Wildman–Crippen MR) is 96.8 cm³/mol. The standard InChI is InChI=1S/C18H21N5O3/c1-23(2)17-19-9-12-13(21-17)4-3-5-14(12)22-18(24)20-11-6-7-15-16(8-11)26-10-25-15/h6-9,14H,3-5,10H2,1-2H3,(H2,20,22,24)/t14-/m0/s1. The van der Waals surface area contributed by atoms with E-state index in [0.717, 1.165) is 30.5 Å². The van der Waals surface area contributed by atoms with Crippen molar-refractivity contribution in [2.45, 2.75) is 25.3 Å². The Kier molecular flexibility index (Phi) is 4.24. The molecule has 0 bridgehead atoms. The molecule has 8 nitrogen and oxygen atoms in total. The summed E-state index contributed by atoms with van der Waals surface area (Å²) in [6, 6.07) is 4.96. The SMILES string of the molecule is CN(C)c1ncc2c(n1)CCC[C@@H]2NC(=O)Nc1ccc2c(c1)OCO2. The molecule has 0 spiro atoms. The maximum atomic E-state index is 12.4. The number of fused-ring (bicyclic) bond motifs is 2. The molecule has 1 aromatic carbocycles. The first-order valence-electron chi connectivity index (χ1n) is 8.60. The Bertz CT molecular complexity index is 840. The number of aryl methyl sites for hydroxylation is 1. The number of benzene rings is 1. The number of carbonyl (C=O) groups excluding carboxylic acids is 1. The van der Waals surface area contributed by atoms with Gasteiger partial charge in [0.05, 0.1) is 11.7 Å². The predicted octanol–water partition coefficient (Wildman–Crippen LogP) is 2.47. The Balaban J connectivity index is 1.45. The lowest BCUT2D eigenvalue weighted by Gasteiger charge is -2.26. The average molecular weight is 355 g/mol. The number of urea groups is 1. The average Bonchev–Trinajstić information content (AvgIpc) is 3.09. The molecule has 0 unspecified atom stereocenters. The summed E-state index contributed by atoms with van der Waals surface area (Å²) in [6.45, 7) is 0.207. The summed E-state index contributed by atoms with van der Waals surface area (Å²) in [5.74, 6) is 2.01. The summed E-state index contributed by atoms with van der Waals surface area (Å²) in [4.78, 5) is 23.3. The van der Waals surface area contributed by atoms with Gasteiger partial charge in [-0.3, -0.25) is 0 Å². The number of carbonyl (C=O) groups is 1. The Hall–Kier alpha value is -3.03. The van der Waals surface area contributed by atoms with Gasteiger partial charge in [0.25, 0.3) is 0 Å². The van der Waals surface area contributed by atoms with Crippen LogP contribution in [-0.2, 0) is 6.42 Å². The molecule has 2 N–H and O–H groups in total. The quantitative estimate of drug-likeness (QED) is 0.879. The molecule has 0 fully saturated rings. The lowest BCUT2D eigenvalue weighted by Crippen LogP contribution is -2.35. The molecule has 1 aliphatic heterocycles. The van der Waals surface area contributed by atoms with Gasteiger partial charge in [-0.2, -0.15) is 0 Å². The fourth-order valence-corrected chi connectivity index (χ4v) is 3.20. The minimum Gasteiger partial charge on any atom is -0.454 e. The third-order valence-electron chi connectivity index (χ3n) is 4.50. The Morgan fingerprint density at radius 2 is 2.12 bits per heavy atom. The van der Waals surface area contributed by atoms with Crippen LogP contribution in [0.15, 0.2) is 24.4 Å². The van der Waals surface area contributed by atoms with Crippen molar-refractivity contribution in [3.05, 3.63) is 35.7 Å². The summed E-state index contributed by atoms with van der Waals surface area (Å²) >= 11 is 0. The number of aromatic nitrogens is 2. The van der Waals surface area contributed by atoms with Crippen LogP contribution >= 0.6 is 0 Å². The number of rotatable bonds is 3. The summed E-state index contributed by atoms with van der Waals surface area (Å²) < 4.78 is 10.6. The number of hydrogen-bond donors (Lipinski definition) is 2. The molecule has 1 aromatic heterocycles. The van der Waals surface area contributed by atoms with Gasteiger partial charge in [0.1, 0.15) is 0 Å². The molecule has 136 valence electrons. The van der Waals surface area contributed by atoms with Crippen molar-refractivity contribution in [1.82, 2.24) is 15.3 Å². The molecular weight excluding hydrogens is 334 g/mol. The highest BCUT2D eigenvalue weighted by Gasteiger charge is 2.24. The first kappa shape index (κ1) is 16.4. The van der Waals surface area contributed by atoms with Crippen molar-refractivity contribution in [1.29, 1.82) is 0 Å². The normalized spacial score (nSPS) is 17.4. The van der Waals surface area contributed by atoms with Crippen LogP contribution in [0.5, 0.6) is 11.5 Å². The Morgan fingerprint density at radius 3 is 2.96 bits per heavy atom. The third kappa shape index (κ3) is 3.22. The van der Waals surface area contributed by atoms with Gasteiger partial charge in [-0.1, -0.05) is 0 Å². The summed E-state index contributed by atoms with van der Waals surface area (Å²) in [7, 11) is 3.83. The molecule has 4 rings (SSSR count). The topological polar surface area (TPSA) is 88.6 Å². The molecule has 0 saturated heterocycles. The van der Waals surface area contributed by atoms with Crippen molar-refractivity contribution < 1.29 is 14.3 Å². The van der Waals surface area contributed by atoms with Crippen LogP contribution in [0.2, 0.25) is 0 Å². The number of nitrogens with zero attached hydrogens (tertiary/aromatic N) is 3. The maximum Gasteiger partial charge on any atom is 0.319 e.